The van der Waals surface area contributed by atoms with Gasteiger partial charge in [-0.2, -0.15) is 0 Å². The van der Waals surface area contributed by atoms with Crippen molar-refractivity contribution in [1.29, 1.82) is 0 Å². The lowest BCUT2D eigenvalue weighted by Gasteiger charge is -2.27. The van der Waals surface area contributed by atoms with Crippen molar-refractivity contribution in [1.82, 2.24) is 15.5 Å². The van der Waals surface area contributed by atoms with E-state index in [0.29, 0.717) is 19.2 Å². The van der Waals surface area contributed by atoms with E-state index in [1.807, 2.05) is 48.7 Å². The van der Waals surface area contributed by atoms with E-state index < -0.39 is 0 Å². The Morgan fingerprint density at radius 2 is 1.93 bits per heavy atom. The second-order valence-corrected chi connectivity index (χ2v) is 7.29. The van der Waals surface area contributed by atoms with E-state index in [0.717, 1.165) is 18.3 Å². The van der Waals surface area contributed by atoms with E-state index in [-0.39, 0.29) is 24.0 Å². The molecule has 27 heavy (non-hydrogen) atoms. The maximum atomic E-state index is 5.71. The molecule has 1 aromatic heterocycles. The van der Waals surface area contributed by atoms with Crippen LogP contribution in [0.3, 0.4) is 0 Å². The molecule has 1 saturated heterocycles. The summed E-state index contributed by atoms with van der Waals surface area (Å²) < 4.78 is 5.71. The molecule has 0 aliphatic carbocycles. The van der Waals surface area contributed by atoms with E-state index >= 15 is 0 Å². The number of likely N-dealkylation sites (tertiary alicyclic amines) is 1. The van der Waals surface area contributed by atoms with Gasteiger partial charge in [-0.05, 0) is 49.5 Å². The Balaban J connectivity index is 0.00000261. The first-order valence-electron chi connectivity index (χ1n) is 9.26. The summed E-state index contributed by atoms with van der Waals surface area (Å²) in [5.74, 6) is 1.71. The van der Waals surface area contributed by atoms with E-state index in [9.17, 15) is 0 Å². The third kappa shape index (κ3) is 6.97. The standard InChI is InChI=1S/C20H28N4OS.HI/c1-21-20(22-11-14-25-17-8-3-2-4-9-17)23-16-18(19-10-7-15-26-19)24-12-5-6-13-24;/h2-4,7-10,15,18H,5-6,11-14,16H2,1H3,(H2,21,22,23);1H. The number of benzene rings is 1. The summed E-state index contributed by atoms with van der Waals surface area (Å²) in [5, 5.41) is 8.97. The number of thiophene rings is 1. The number of guanidine groups is 1. The molecule has 0 spiro atoms. The molecular formula is C20H29IN4OS. The van der Waals surface area contributed by atoms with Crippen molar-refractivity contribution in [3.8, 4) is 5.75 Å². The van der Waals surface area contributed by atoms with Crippen LogP contribution in [-0.4, -0.2) is 50.7 Å². The largest absolute Gasteiger partial charge is 0.492 e. The van der Waals surface area contributed by atoms with Crippen LogP contribution in [0.2, 0.25) is 0 Å². The summed E-state index contributed by atoms with van der Waals surface area (Å²) in [6, 6.07) is 14.7. The van der Waals surface area contributed by atoms with Crippen molar-refractivity contribution in [2.45, 2.75) is 18.9 Å². The minimum Gasteiger partial charge on any atom is -0.492 e. The van der Waals surface area contributed by atoms with E-state index in [2.05, 4.69) is 38.0 Å². The Labute approximate surface area is 183 Å². The molecule has 1 aliphatic rings. The Morgan fingerprint density at radius 3 is 2.59 bits per heavy atom. The summed E-state index contributed by atoms with van der Waals surface area (Å²) in [4.78, 5) is 8.33. The predicted octanol–water partition coefficient (Wildman–Crippen LogP) is 3.75. The first-order chi connectivity index (χ1) is 12.9. The van der Waals surface area contributed by atoms with Gasteiger partial charge in [-0.15, -0.1) is 35.3 Å². The Morgan fingerprint density at radius 1 is 1.15 bits per heavy atom. The fraction of sp³-hybridized carbons (Fsp3) is 0.450. The van der Waals surface area contributed by atoms with Crippen molar-refractivity contribution < 1.29 is 4.74 Å². The highest BCUT2D eigenvalue weighted by Crippen LogP contribution is 2.27. The zero-order valence-electron chi connectivity index (χ0n) is 15.8. The van der Waals surface area contributed by atoms with E-state index in [1.54, 1.807) is 0 Å². The van der Waals surface area contributed by atoms with Crippen LogP contribution in [0.1, 0.15) is 23.8 Å². The van der Waals surface area contributed by atoms with Crippen LogP contribution in [0.5, 0.6) is 5.75 Å². The number of para-hydroxylation sites is 1. The molecule has 2 N–H and O–H groups in total. The van der Waals surface area contributed by atoms with Crippen molar-refractivity contribution >= 4 is 41.3 Å². The van der Waals surface area contributed by atoms with Crippen LogP contribution in [0.15, 0.2) is 52.8 Å². The zero-order valence-corrected chi connectivity index (χ0v) is 18.9. The van der Waals surface area contributed by atoms with Crippen molar-refractivity contribution in [3.63, 3.8) is 0 Å². The molecule has 1 aromatic carbocycles. The van der Waals surface area contributed by atoms with Gasteiger partial charge < -0.3 is 15.4 Å². The molecule has 1 aliphatic heterocycles. The average molecular weight is 500 g/mol. The van der Waals surface area contributed by atoms with Gasteiger partial charge in [0.25, 0.3) is 0 Å². The molecule has 0 saturated carbocycles. The smallest absolute Gasteiger partial charge is 0.191 e. The molecule has 0 amide bonds. The summed E-state index contributed by atoms with van der Waals surface area (Å²) >= 11 is 1.83. The minimum absolute atomic E-state index is 0. The molecular weight excluding hydrogens is 471 g/mol. The van der Waals surface area contributed by atoms with Crippen LogP contribution >= 0.6 is 35.3 Å². The van der Waals surface area contributed by atoms with Crippen LogP contribution in [0, 0.1) is 0 Å². The minimum atomic E-state index is 0. The van der Waals surface area contributed by atoms with Gasteiger partial charge >= 0.3 is 0 Å². The lowest BCUT2D eigenvalue weighted by molar-refractivity contribution is 0.248. The fourth-order valence-corrected chi connectivity index (χ4v) is 4.07. The number of aliphatic imine (C=N–C) groups is 1. The van der Waals surface area contributed by atoms with Gasteiger partial charge in [-0.3, -0.25) is 9.89 Å². The van der Waals surface area contributed by atoms with E-state index in [1.165, 1.54) is 30.8 Å². The lowest BCUT2D eigenvalue weighted by Crippen LogP contribution is -2.43. The topological polar surface area (TPSA) is 48.9 Å². The number of hydrogen-bond acceptors (Lipinski definition) is 4. The molecule has 2 aromatic rings. The van der Waals surface area contributed by atoms with Gasteiger partial charge in [0.1, 0.15) is 12.4 Å². The predicted molar refractivity (Wildman–Crippen MR) is 125 cm³/mol. The molecule has 148 valence electrons. The Bertz CT molecular complexity index is 660. The molecule has 5 nitrogen and oxygen atoms in total. The normalized spacial score (nSPS) is 15.8. The number of halogens is 1. The van der Waals surface area contributed by atoms with Crippen molar-refractivity contribution in [2.75, 3.05) is 39.8 Å². The molecule has 1 unspecified atom stereocenters. The quantitative estimate of drug-likeness (QED) is 0.251. The van der Waals surface area contributed by atoms with Gasteiger partial charge in [0.2, 0.25) is 0 Å². The molecule has 1 atom stereocenters. The monoisotopic (exact) mass is 500 g/mol. The Kier molecular flexibility index (Phi) is 9.93. The molecule has 2 heterocycles. The van der Waals surface area contributed by atoms with Gasteiger partial charge in [-0.25, -0.2) is 0 Å². The highest BCUT2D eigenvalue weighted by atomic mass is 127. The SMILES string of the molecule is CN=C(NCCOc1ccccc1)NCC(c1cccs1)N1CCCC1.I. The summed E-state index contributed by atoms with van der Waals surface area (Å²) in [5.41, 5.74) is 0. The number of nitrogens with zero attached hydrogens (tertiary/aromatic N) is 2. The third-order valence-electron chi connectivity index (χ3n) is 4.55. The lowest BCUT2D eigenvalue weighted by atomic mass is 10.2. The van der Waals surface area contributed by atoms with Crippen molar-refractivity contribution in [3.05, 3.63) is 52.7 Å². The van der Waals surface area contributed by atoms with E-state index in [4.69, 9.17) is 4.74 Å². The number of rotatable bonds is 8. The molecule has 7 heteroatoms. The highest BCUT2D eigenvalue weighted by Gasteiger charge is 2.24. The van der Waals surface area contributed by atoms with Crippen LogP contribution in [0.4, 0.5) is 0 Å². The van der Waals surface area contributed by atoms with Crippen LogP contribution in [-0.2, 0) is 0 Å². The molecule has 0 radical (unpaired) electrons. The van der Waals surface area contributed by atoms with Gasteiger partial charge in [0.15, 0.2) is 5.96 Å². The molecule has 3 rings (SSSR count). The van der Waals surface area contributed by atoms with Gasteiger partial charge in [0.05, 0.1) is 12.6 Å². The van der Waals surface area contributed by atoms with Gasteiger partial charge in [-0.1, -0.05) is 24.3 Å². The zero-order chi connectivity index (χ0) is 18.0. The second kappa shape index (κ2) is 12.2. The number of ether oxygens (including phenoxy) is 1. The summed E-state index contributed by atoms with van der Waals surface area (Å²) in [6.07, 6.45) is 2.59. The maximum Gasteiger partial charge on any atom is 0.191 e. The highest BCUT2D eigenvalue weighted by molar-refractivity contribution is 14.0. The molecule has 0 bridgehead atoms. The maximum absolute atomic E-state index is 5.71. The molecule has 1 fully saturated rings. The van der Waals surface area contributed by atoms with Crippen LogP contribution in [0.25, 0.3) is 0 Å². The first kappa shape index (κ1) is 22.0. The second-order valence-electron chi connectivity index (χ2n) is 6.32. The first-order valence-corrected chi connectivity index (χ1v) is 10.1. The average Bonchev–Trinajstić information content (AvgIpc) is 3.39. The fourth-order valence-electron chi connectivity index (χ4n) is 3.21. The van der Waals surface area contributed by atoms with Crippen molar-refractivity contribution in [2.24, 2.45) is 4.99 Å². The third-order valence-corrected chi connectivity index (χ3v) is 5.52. The Hall–Kier alpha value is -1.32. The van der Waals surface area contributed by atoms with Gasteiger partial charge in [0, 0.05) is 18.5 Å². The van der Waals surface area contributed by atoms with Crippen LogP contribution < -0.4 is 15.4 Å². The number of hydrogen-bond donors (Lipinski definition) is 2. The summed E-state index contributed by atoms with van der Waals surface area (Å²) in [7, 11) is 1.81. The summed E-state index contributed by atoms with van der Waals surface area (Å²) in [6.45, 7) is 4.54. The number of nitrogens with one attached hydrogen (secondary N) is 2.